The molecule has 0 saturated heterocycles. The highest BCUT2D eigenvalue weighted by molar-refractivity contribution is 5.25. The Kier molecular flexibility index (Phi) is 3.26. The van der Waals surface area contributed by atoms with Crippen LogP contribution in [-0.4, -0.2) is 22.9 Å². The van der Waals surface area contributed by atoms with Crippen LogP contribution in [-0.2, 0) is 6.42 Å². The zero-order chi connectivity index (χ0) is 8.97. The van der Waals surface area contributed by atoms with E-state index in [2.05, 4.69) is 0 Å². The minimum absolute atomic E-state index is 0.172. The Morgan fingerprint density at radius 3 is 2.58 bits per heavy atom. The molecule has 1 aromatic rings. The molecule has 0 bridgehead atoms. The molecule has 2 N–H and O–H groups in total. The number of hydrogen-bond acceptors (Lipinski definition) is 2. The Bertz CT molecular complexity index is 245. The SMILES string of the molecule is Cc1ccccc1C[C@H](O)CO. The molecule has 2 heteroatoms. The van der Waals surface area contributed by atoms with Crippen molar-refractivity contribution in [3.8, 4) is 0 Å². The summed E-state index contributed by atoms with van der Waals surface area (Å²) in [6.07, 6.45) is -0.102. The van der Waals surface area contributed by atoms with Crippen molar-refractivity contribution in [3.63, 3.8) is 0 Å². The molecule has 1 atom stereocenters. The Hall–Kier alpha value is -0.860. The summed E-state index contributed by atoms with van der Waals surface area (Å²) in [5.74, 6) is 0. The lowest BCUT2D eigenvalue weighted by Gasteiger charge is -2.08. The van der Waals surface area contributed by atoms with Crippen molar-refractivity contribution in [2.45, 2.75) is 19.4 Å². The van der Waals surface area contributed by atoms with Crippen LogP contribution < -0.4 is 0 Å². The standard InChI is InChI=1S/C10H14O2/c1-8-4-2-3-5-9(8)6-10(12)7-11/h2-5,10-12H,6-7H2,1H3/t10-/m0/s1. The molecule has 1 aromatic carbocycles. The molecule has 0 aliphatic carbocycles. The van der Waals surface area contributed by atoms with Crippen molar-refractivity contribution in [2.24, 2.45) is 0 Å². The van der Waals surface area contributed by atoms with E-state index in [9.17, 15) is 5.11 Å². The Balaban J connectivity index is 2.69. The normalized spacial score (nSPS) is 12.9. The quantitative estimate of drug-likeness (QED) is 0.700. The van der Waals surface area contributed by atoms with Gasteiger partial charge in [0.2, 0.25) is 0 Å². The van der Waals surface area contributed by atoms with Gasteiger partial charge in [0.25, 0.3) is 0 Å². The van der Waals surface area contributed by atoms with Gasteiger partial charge in [-0.3, -0.25) is 0 Å². The topological polar surface area (TPSA) is 40.5 Å². The van der Waals surface area contributed by atoms with Gasteiger partial charge < -0.3 is 10.2 Å². The highest BCUT2D eigenvalue weighted by Gasteiger charge is 2.04. The van der Waals surface area contributed by atoms with E-state index >= 15 is 0 Å². The molecule has 0 fully saturated rings. The Morgan fingerprint density at radius 2 is 2.00 bits per heavy atom. The number of hydrogen-bond donors (Lipinski definition) is 2. The van der Waals surface area contributed by atoms with E-state index in [1.54, 1.807) is 0 Å². The highest BCUT2D eigenvalue weighted by Crippen LogP contribution is 2.09. The molecule has 0 spiro atoms. The number of aryl methyl sites for hydroxylation is 1. The zero-order valence-electron chi connectivity index (χ0n) is 7.20. The molecule has 0 aliphatic rings. The second-order valence-electron chi connectivity index (χ2n) is 2.97. The fraction of sp³-hybridized carbons (Fsp3) is 0.400. The van der Waals surface area contributed by atoms with Crippen LogP contribution in [0.15, 0.2) is 24.3 Å². The van der Waals surface area contributed by atoms with Crippen LogP contribution >= 0.6 is 0 Å². The fourth-order valence-electron chi connectivity index (χ4n) is 1.16. The number of aliphatic hydroxyl groups is 2. The lowest BCUT2D eigenvalue weighted by atomic mass is 10.0. The van der Waals surface area contributed by atoms with Gasteiger partial charge in [0.1, 0.15) is 0 Å². The van der Waals surface area contributed by atoms with E-state index in [-0.39, 0.29) is 6.61 Å². The average Bonchev–Trinajstić information content (AvgIpc) is 2.09. The molecule has 0 aliphatic heterocycles. The molecule has 12 heavy (non-hydrogen) atoms. The molecule has 0 heterocycles. The van der Waals surface area contributed by atoms with E-state index in [1.165, 1.54) is 0 Å². The molecule has 0 amide bonds. The first kappa shape index (κ1) is 9.23. The summed E-state index contributed by atoms with van der Waals surface area (Å²) in [6.45, 7) is 1.83. The van der Waals surface area contributed by atoms with E-state index in [4.69, 9.17) is 5.11 Å². The monoisotopic (exact) mass is 166 g/mol. The van der Waals surface area contributed by atoms with Crippen molar-refractivity contribution in [1.82, 2.24) is 0 Å². The maximum absolute atomic E-state index is 9.19. The maximum atomic E-state index is 9.19. The predicted octanol–water partition coefficient (Wildman–Crippen LogP) is 0.891. The zero-order valence-corrected chi connectivity index (χ0v) is 7.20. The van der Waals surface area contributed by atoms with Gasteiger partial charge >= 0.3 is 0 Å². The Morgan fingerprint density at radius 1 is 1.33 bits per heavy atom. The van der Waals surface area contributed by atoms with Gasteiger partial charge in [-0.15, -0.1) is 0 Å². The lowest BCUT2D eigenvalue weighted by molar-refractivity contribution is 0.0954. The third kappa shape index (κ3) is 2.32. The maximum Gasteiger partial charge on any atom is 0.0811 e. The molecule has 0 saturated carbocycles. The first-order valence-corrected chi connectivity index (χ1v) is 4.07. The van der Waals surface area contributed by atoms with E-state index < -0.39 is 6.10 Å². The second kappa shape index (κ2) is 4.24. The molecule has 0 radical (unpaired) electrons. The minimum atomic E-state index is -0.633. The van der Waals surface area contributed by atoms with Gasteiger partial charge in [0, 0.05) is 6.42 Å². The first-order valence-electron chi connectivity index (χ1n) is 4.07. The summed E-state index contributed by atoms with van der Waals surface area (Å²) < 4.78 is 0. The summed E-state index contributed by atoms with van der Waals surface area (Å²) >= 11 is 0. The second-order valence-corrected chi connectivity index (χ2v) is 2.97. The van der Waals surface area contributed by atoms with Crippen LogP contribution in [0.25, 0.3) is 0 Å². The first-order chi connectivity index (χ1) is 5.74. The third-order valence-electron chi connectivity index (χ3n) is 1.93. The van der Waals surface area contributed by atoms with Crippen LogP contribution in [0, 0.1) is 6.92 Å². The van der Waals surface area contributed by atoms with Gasteiger partial charge in [-0.1, -0.05) is 24.3 Å². The van der Waals surface area contributed by atoms with Gasteiger partial charge in [0.05, 0.1) is 12.7 Å². The van der Waals surface area contributed by atoms with Crippen LogP contribution in [0.1, 0.15) is 11.1 Å². The van der Waals surface area contributed by atoms with Crippen LogP contribution in [0.3, 0.4) is 0 Å². The van der Waals surface area contributed by atoms with Gasteiger partial charge in [-0.2, -0.15) is 0 Å². The highest BCUT2D eigenvalue weighted by atomic mass is 16.3. The average molecular weight is 166 g/mol. The summed E-state index contributed by atoms with van der Waals surface area (Å²) in [4.78, 5) is 0. The number of rotatable bonds is 3. The van der Waals surface area contributed by atoms with Crippen molar-refractivity contribution >= 4 is 0 Å². The van der Waals surface area contributed by atoms with Gasteiger partial charge in [-0.05, 0) is 18.1 Å². The van der Waals surface area contributed by atoms with Crippen molar-refractivity contribution in [2.75, 3.05) is 6.61 Å². The fourth-order valence-corrected chi connectivity index (χ4v) is 1.16. The molecular weight excluding hydrogens is 152 g/mol. The lowest BCUT2D eigenvalue weighted by Crippen LogP contribution is -2.15. The smallest absolute Gasteiger partial charge is 0.0811 e. The summed E-state index contributed by atoms with van der Waals surface area (Å²) in [6, 6.07) is 7.87. The third-order valence-corrected chi connectivity index (χ3v) is 1.93. The van der Waals surface area contributed by atoms with E-state index in [1.807, 2.05) is 31.2 Å². The molecule has 0 aromatic heterocycles. The largest absolute Gasteiger partial charge is 0.394 e. The predicted molar refractivity (Wildman–Crippen MR) is 48.0 cm³/mol. The van der Waals surface area contributed by atoms with Crippen LogP contribution in [0.2, 0.25) is 0 Å². The van der Waals surface area contributed by atoms with Crippen LogP contribution in [0.5, 0.6) is 0 Å². The number of benzene rings is 1. The summed E-state index contributed by atoms with van der Waals surface area (Å²) in [5.41, 5.74) is 2.25. The molecule has 2 nitrogen and oxygen atoms in total. The van der Waals surface area contributed by atoms with Crippen molar-refractivity contribution < 1.29 is 10.2 Å². The van der Waals surface area contributed by atoms with E-state index in [0.29, 0.717) is 6.42 Å². The summed E-state index contributed by atoms with van der Waals surface area (Å²) in [5, 5.41) is 17.8. The van der Waals surface area contributed by atoms with Crippen LogP contribution in [0.4, 0.5) is 0 Å². The molecule has 66 valence electrons. The minimum Gasteiger partial charge on any atom is -0.394 e. The molecule has 1 rings (SSSR count). The number of aliphatic hydroxyl groups excluding tert-OH is 2. The Labute approximate surface area is 72.5 Å². The van der Waals surface area contributed by atoms with Gasteiger partial charge in [0.15, 0.2) is 0 Å². The molecule has 0 unspecified atom stereocenters. The van der Waals surface area contributed by atoms with Crippen molar-refractivity contribution in [1.29, 1.82) is 0 Å². The molecular formula is C10H14O2. The summed E-state index contributed by atoms with van der Waals surface area (Å²) in [7, 11) is 0. The van der Waals surface area contributed by atoms with Gasteiger partial charge in [-0.25, -0.2) is 0 Å². The van der Waals surface area contributed by atoms with Crippen molar-refractivity contribution in [3.05, 3.63) is 35.4 Å². The van der Waals surface area contributed by atoms with E-state index in [0.717, 1.165) is 11.1 Å².